The molecule has 1 atom stereocenters. The lowest BCUT2D eigenvalue weighted by Crippen LogP contribution is -2.15. The zero-order chi connectivity index (χ0) is 9.68. The molecule has 1 heterocycles. The second-order valence-electron chi connectivity index (χ2n) is 2.66. The van der Waals surface area contributed by atoms with Gasteiger partial charge in [-0.05, 0) is 24.6 Å². The SMILES string of the molecule is C#CCC(C)Nc1ccnc(Cl)n1. The van der Waals surface area contributed by atoms with Gasteiger partial charge in [-0.3, -0.25) is 0 Å². The third kappa shape index (κ3) is 3.30. The van der Waals surface area contributed by atoms with Gasteiger partial charge in [-0.1, -0.05) is 0 Å². The lowest BCUT2D eigenvalue weighted by atomic mass is 10.2. The average Bonchev–Trinajstić information content (AvgIpc) is 2.04. The summed E-state index contributed by atoms with van der Waals surface area (Å²) in [6, 6.07) is 1.94. The molecule has 0 saturated heterocycles. The van der Waals surface area contributed by atoms with Crippen molar-refractivity contribution in [3.63, 3.8) is 0 Å². The molecule has 1 aromatic rings. The maximum Gasteiger partial charge on any atom is 0.224 e. The van der Waals surface area contributed by atoms with Crippen LogP contribution >= 0.6 is 11.6 Å². The quantitative estimate of drug-likeness (QED) is 0.592. The van der Waals surface area contributed by atoms with Crippen LogP contribution in [0.5, 0.6) is 0 Å². The molecule has 0 fully saturated rings. The van der Waals surface area contributed by atoms with Crippen LogP contribution in [0.1, 0.15) is 13.3 Å². The minimum Gasteiger partial charge on any atom is -0.367 e. The van der Waals surface area contributed by atoms with E-state index in [9.17, 15) is 0 Å². The smallest absolute Gasteiger partial charge is 0.224 e. The maximum atomic E-state index is 5.60. The largest absolute Gasteiger partial charge is 0.367 e. The summed E-state index contributed by atoms with van der Waals surface area (Å²) in [5.41, 5.74) is 0. The van der Waals surface area contributed by atoms with Crippen molar-refractivity contribution in [1.82, 2.24) is 9.97 Å². The van der Waals surface area contributed by atoms with Crippen LogP contribution in [0.3, 0.4) is 0 Å². The predicted octanol–water partition coefficient (Wildman–Crippen LogP) is 1.95. The molecule has 1 aromatic heterocycles. The van der Waals surface area contributed by atoms with Gasteiger partial charge in [-0.2, -0.15) is 0 Å². The summed E-state index contributed by atoms with van der Waals surface area (Å²) in [4.78, 5) is 7.74. The zero-order valence-electron chi connectivity index (χ0n) is 7.29. The number of hydrogen-bond acceptors (Lipinski definition) is 3. The Labute approximate surface area is 82.5 Å². The Balaban J connectivity index is 2.59. The first-order chi connectivity index (χ1) is 6.22. The third-order valence-electron chi connectivity index (χ3n) is 1.44. The molecular weight excluding hydrogens is 186 g/mol. The first-order valence-electron chi connectivity index (χ1n) is 3.91. The van der Waals surface area contributed by atoms with E-state index in [4.69, 9.17) is 18.0 Å². The van der Waals surface area contributed by atoms with E-state index in [1.54, 1.807) is 12.3 Å². The standard InChI is InChI=1S/C9H10ClN3/c1-3-4-7(2)12-8-5-6-11-9(10)13-8/h1,5-7H,4H2,2H3,(H,11,12,13). The van der Waals surface area contributed by atoms with Crippen LogP contribution in [-0.2, 0) is 0 Å². The monoisotopic (exact) mass is 195 g/mol. The Morgan fingerprint density at radius 3 is 3.15 bits per heavy atom. The molecule has 0 bridgehead atoms. The molecule has 0 aromatic carbocycles. The summed E-state index contributed by atoms with van der Waals surface area (Å²) < 4.78 is 0. The second kappa shape index (κ2) is 4.68. The van der Waals surface area contributed by atoms with Gasteiger partial charge >= 0.3 is 0 Å². The molecule has 0 aliphatic carbocycles. The molecule has 68 valence electrons. The number of anilines is 1. The van der Waals surface area contributed by atoms with Crippen LogP contribution in [0.25, 0.3) is 0 Å². The van der Waals surface area contributed by atoms with Crippen LogP contribution < -0.4 is 5.32 Å². The number of aromatic nitrogens is 2. The van der Waals surface area contributed by atoms with Crippen molar-refractivity contribution in [3.05, 3.63) is 17.5 Å². The van der Waals surface area contributed by atoms with Gasteiger partial charge in [-0.25, -0.2) is 9.97 Å². The highest BCUT2D eigenvalue weighted by molar-refractivity contribution is 6.28. The Morgan fingerprint density at radius 1 is 1.77 bits per heavy atom. The molecule has 3 nitrogen and oxygen atoms in total. The van der Waals surface area contributed by atoms with Gasteiger partial charge < -0.3 is 5.32 Å². The van der Waals surface area contributed by atoms with E-state index >= 15 is 0 Å². The van der Waals surface area contributed by atoms with Gasteiger partial charge in [0.15, 0.2) is 0 Å². The van der Waals surface area contributed by atoms with E-state index in [0.717, 1.165) is 0 Å². The van der Waals surface area contributed by atoms with Crippen LogP contribution in [0.2, 0.25) is 5.28 Å². The minimum absolute atomic E-state index is 0.191. The van der Waals surface area contributed by atoms with Crippen molar-refractivity contribution in [3.8, 4) is 12.3 Å². The number of hydrogen-bond donors (Lipinski definition) is 1. The molecule has 0 aliphatic rings. The van der Waals surface area contributed by atoms with E-state index < -0.39 is 0 Å². The molecule has 4 heteroatoms. The zero-order valence-corrected chi connectivity index (χ0v) is 8.04. The van der Waals surface area contributed by atoms with Gasteiger partial charge in [0, 0.05) is 18.7 Å². The number of rotatable bonds is 3. The normalized spacial score (nSPS) is 11.8. The Hall–Kier alpha value is -1.27. The highest BCUT2D eigenvalue weighted by Crippen LogP contribution is 2.07. The lowest BCUT2D eigenvalue weighted by molar-refractivity contribution is 0.820. The van der Waals surface area contributed by atoms with Crippen LogP contribution in [-0.4, -0.2) is 16.0 Å². The first-order valence-corrected chi connectivity index (χ1v) is 4.28. The number of nitrogens with zero attached hydrogens (tertiary/aromatic N) is 2. The summed E-state index contributed by atoms with van der Waals surface area (Å²) in [5.74, 6) is 3.26. The van der Waals surface area contributed by atoms with E-state index in [2.05, 4.69) is 21.2 Å². The van der Waals surface area contributed by atoms with Gasteiger partial charge in [0.1, 0.15) is 5.82 Å². The first kappa shape index (κ1) is 9.82. The predicted molar refractivity (Wildman–Crippen MR) is 53.6 cm³/mol. The highest BCUT2D eigenvalue weighted by atomic mass is 35.5. The van der Waals surface area contributed by atoms with Crippen LogP contribution in [0, 0.1) is 12.3 Å². The van der Waals surface area contributed by atoms with Crippen LogP contribution in [0.4, 0.5) is 5.82 Å². The van der Waals surface area contributed by atoms with Crippen LogP contribution in [0.15, 0.2) is 12.3 Å². The van der Waals surface area contributed by atoms with Crippen molar-refractivity contribution < 1.29 is 0 Å². The molecule has 0 aliphatic heterocycles. The van der Waals surface area contributed by atoms with E-state index in [-0.39, 0.29) is 11.3 Å². The molecule has 13 heavy (non-hydrogen) atoms. The molecule has 1 unspecified atom stereocenters. The summed E-state index contributed by atoms with van der Waals surface area (Å²) in [5, 5.41) is 3.34. The van der Waals surface area contributed by atoms with Gasteiger partial charge in [0.2, 0.25) is 5.28 Å². The van der Waals surface area contributed by atoms with E-state index in [0.29, 0.717) is 12.2 Å². The Kier molecular flexibility index (Phi) is 3.53. The summed E-state index contributed by atoms with van der Waals surface area (Å²) in [6.07, 6.45) is 7.42. The minimum atomic E-state index is 0.191. The van der Waals surface area contributed by atoms with Gasteiger partial charge in [0.25, 0.3) is 0 Å². The molecule has 0 saturated carbocycles. The Bertz CT molecular complexity index is 319. The summed E-state index contributed by atoms with van der Waals surface area (Å²) in [6.45, 7) is 1.98. The van der Waals surface area contributed by atoms with Crippen molar-refractivity contribution in [2.24, 2.45) is 0 Å². The van der Waals surface area contributed by atoms with Crippen molar-refractivity contribution >= 4 is 17.4 Å². The molecule has 0 amide bonds. The fourth-order valence-corrected chi connectivity index (χ4v) is 1.04. The molecule has 1 rings (SSSR count). The van der Waals surface area contributed by atoms with Gasteiger partial charge in [0.05, 0.1) is 0 Å². The fourth-order valence-electron chi connectivity index (χ4n) is 0.896. The molecule has 0 radical (unpaired) electrons. The Morgan fingerprint density at radius 2 is 2.54 bits per heavy atom. The van der Waals surface area contributed by atoms with Crippen molar-refractivity contribution in [2.75, 3.05) is 5.32 Å². The molecule has 0 spiro atoms. The average molecular weight is 196 g/mol. The van der Waals surface area contributed by atoms with Crippen molar-refractivity contribution in [2.45, 2.75) is 19.4 Å². The van der Waals surface area contributed by atoms with Crippen molar-refractivity contribution in [1.29, 1.82) is 0 Å². The molecular formula is C9H10ClN3. The maximum absolute atomic E-state index is 5.60. The number of nitrogens with one attached hydrogen (secondary N) is 1. The summed E-state index contributed by atoms with van der Waals surface area (Å²) >= 11 is 5.60. The topological polar surface area (TPSA) is 37.8 Å². The van der Waals surface area contributed by atoms with E-state index in [1.807, 2.05) is 6.92 Å². The summed E-state index contributed by atoms with van der Waals surface area (Å²) in [7, 11) is 0. The van der Waals surface area contributed by atoms with Gasteiger partial charge in [-0.15, -0.1) is 12.3 Å². The highest BCUT2D eigenvalue weighted by Gasteiger charge is 2.01. The lowest BCUT2D eigenvalue weighted by Gasteiger charge is -2.10. The molecule has 1 N–H and O–H groups in total. The second-order valence-corrected chi connectivity index (χ2v) is 3.00. The fraction of sp³-hybridized carbons (Fsp3) is 0.333. The number of halogens is 1. The third-order valence-corrected chi connectivity index (χ3v) is 1.63. The van der Waals surface area contributed by atoms with E-state index in [1.165, 1.54) is 0 Å². The number of terminal acetylenes is 1.